The molecule has 0 radical (unpaired) electrons. The lowest BCUT2D eigenvalue weighted by atomic mass is 10.1. The van der Waals surface area contributed by atoms with Crippen LogP contribution in [-0.4, -0.2) is 31.8 Å². The first-order valence-corrected chi connectivity index (χ1v) is 6.44. The lowest BCUT2D eigenvalue weighted by Crippen LogP contribution is -2.22. The van der Waals surface area contributed by atoms with Crippen LogP contribution in [0.5, 0.6) is 5.75 Å². The fraction of sp³-hybridized carbons (Fsp3) is 0.375. The van der Waals surface area contributed by atoms with E-state index >= 15 is 0 Å². The molecule has 0 spiro atoms. The second-order valence-electron chi connectivity index (χ2n) is 5.32. The summed E-state index contributed by atoms with van der Waals surface area (Å²) in [4.78, 5) is 23.1. The number of esters is 2. The van der Waals surface area contributed by atoms with Crippen molar-refractivity contribution in [3.05, 3.63) is 35.4 Å². The van der Waals surface area contributed by atoms with Gasteiger partial charge in [-0.05, 0) is 44.5 Å². The van der Waals surface area contributed by atoms with Crippen molar-refractivity contribution in [1.29, 1.82) is 0 Å². The number of rotatable bonds is 4. The van der Waals surface area contributed by atoms with E-state index in [0.29, 0.717) is 16.9 Å². The molecule has 0 saturated heterocycles. The van der Waals surface area contributed by atoms with E-state index < -0.39 is 17.5 Å². The van der Waals surface area contributed by atoms with Gasteiger partial charge in [-0.15, -0.1) is 0 Å². The SMILES string of the molecule is COC(=O)c1ccc(C=CC(=O)OC(C)(C)C)cc1OC. The van der Waals surface area contributed by atoms with Crippen molar-refractivity contribution in [1.82, 2.24) is 0 Å². The maximum Gasteiger partial charge on any atom is 0.341 e. The maximum atomic E-state index is 11.6. The minimum Gasteiger partial charge on any atom is -0.496 e. The van der Waals surface area contributed by atoms with Gasteiger partial charge in [0.2, 0.25) is 0 Å². The number of methoxy groups -OCH3 is 2. The first-order valence-electron chi connectivity index (χ1n) is 6.44. The lowest BCUT2D eigenvalue weighted by Gasteiger charge is -2.17. The van der Waals surface area contributed by atoms with Gasteiger partial charge in [0.25, 0.3) is 0 Å². The molecule has 0 saturated carbocycles. The molecule has 0 unspecified atom stereocenters. The van der Waals surface area contributed by atoms with Gasteiger partial charge in [0.05, 0.1) is 14.2 Å². The Morgan fingerprint density at radius 2 is 1.81 bits per heavy atom. The highest BCUT2D eigenvalue weighted by atomic mass is 16.6. The zero-order chi connectivity index (χ0) is 16.0. The largest absolute Gasteiger partial charge is 0.496 e. The summed E-state index contributed by atoms with van der Waals surface area (Å²) in [5.74, 6) is -0.527. The van der Waals surface area contributed by atoms with Crippen molar-refractivity contribution in [2.24, 2.45) is 0 Å². The molecule has 114 valence electrons. The smallest absolute Gasteiger partial charge is 0.341 e. The molecule has 0 aliphatic rings. The van der Waals surface area contributed by atoms with Gasteiger partial charge >= 0.3 is 11.9 Å². The number of benzene rings is 1. The van der Waals surface area contributed by atoms with E-state index in [1.54, 1.807) is 45.0 Å². The number of carbonyl (C=O) groups is 2. The Kier molecular flexibility index (Phi) is 5.52. The van der Waals surface area contributed by atoms with Crippen LogP contribution in [0.3, 0.4) is 0 Å². The van der Waals surface area contributed by atoms with Gasteiger partial charge in [-0.25, -0.2) is 9.59 Å². The number of hydrogen-bond donors (Lipinski definition) is 0. The summed E-state index contributed by atoms with van der Waals surface area (Å²) in [5.41, 5.74) is 0.508. The van der Waals surface area contributed by atoms with Gasteiger partial charge in [-0.2, -0.15) is 0 Å². The van der Waals surface area contributed by atoms with Crippen LogP contribution < -0.4 is 4.74 Å². The van der Waals surface area contributed by atoms with E-state index in [1.165, 1.54) is 20.3 Å². The summed E-state index contributed by atoms with van der Waals surface area (Å²) in [7, 11) is 2.77. The number of hydrogen-bond acceptors (Lipinski definition) is 5. The second kappa shape index (κ2) is 6.92. The predicted octanol–water partition coefficient (Wildman–Crippen LogP) is 2.84. The summed E-state index contributed by atoms with van der Waals surface area (Å²) in [6.45, 7) is 5.40. The quantitative estimate of drug-likeness (QED) is 0.631. The first-order chi connectivity index (χ1) is 9.76. The molecule has 0 N–H and O–H groups in total. The van der Waals surface area contributed by atoms with Crippen molar-refractivity contribution in [3.63, 3.8) is 0 Å². The Morgan fingerprint density at radius 3 is 2.33 bits per heavy atom. The summed E-state index contributed by atoms with van der Waals surface area (Å²) in [6, 6.07) is 4.92. The topological polar surface area (TPSA) is 61.8 Å². The lowest BCUT2D eigenvalue weighted by molar-refractivity contribution is -0.148. The highest BCUT2D eigenvalue weighted by molar-refractivity contribution is 5.93. The highest BCUT2D eigenvalue weighted by Gasteiger charge is 2.15. The molecule has 0 amide bonds. The van der Waals surface area contributed by atoms with Gasteiger partial charge < -0.3 is 14.2 Å². The molecule has 0 aliphatic heterocycles. The van der Waals surface area contributed by atoms with Gasteiger partial charge in [-0.3, -0.25) is 0 Å². The van der Waals surface area contributed by atoms with Crippen molar-refractivity contribution >= 4 is 18.0 Å². The molecule has 0 atom stereocenters. The Labute approximate surface area is 124 Å². The minimum absolute atomic E-state index is 0.328. The molecule has 5 nitrogen and oxygen atoms in total. The van der Waals surface area contributed by atoms with Gasteiger partial charge in [0.15, 0.2) is 0 Å². The molecule has 1 aromatic rings. The normalized spacial score (nSPS) is 11.3. The molecule has 21 heavy (non-hydrogen) atoms. The molecule has 0 bridgehead atoms. The van der Waals surface area contributed by atoms with Crippen molar-refractivity contribution in [2.45, 2.75) is 26.4 Å². The molecule has 5 heteroatoms. The van der Waals surface area contributed by atoms with Crippen molar-refractivity contribution in [3.8, 4) is 5.75 Å². The fourth-order valence-corrected chi connectivity index (χ4v) is 1.59. The van der Waals surface area contributed by atoms with Gasteiger partial charge in [0, 0.05) is 6.08 Å². The van der Waals surface area contributed by atoms with Crippen LogP contribution in [0.4, 0.5) is 0 Å². The fourth-order valence-electron chi connectivity index (χ4n) is 1.59. The molecular formula is C16H20O5. The minimum atomic E-state index is -0.534. The second-order valence-corrected chi connectivity index (χ2v) is 5.32. The molecule has 0 aromatic heterocycles. The van der Waals surface area contributed by atoms with E-state index in [0.717, 1.165) is 0 Å². The Bertz CT molecular complexity index is 552. The van der Waals surface area contributed by atoms with Crippen LogP contribution in [0.25, 0.3) is 6.08 Å². The monoisotopic (exact) mass is 292 g/mol. The van der Waals surface area contributed by atoms with E-state index in [1.807, 2.05) is 0 Å². The van der Waals surface area contributed by atoms with Crippen molar-refractivity contribution in [2.75, 3.05) is 14.2 Å². The average Bonchev–Trinajstić information content (AvgIpc) is 2.42. The van der Waals surface area contributed by atoms with Crippen LogP contribution in [0.2, 0.25) is 0 Å². The Hall–Kier alpha value is -2.30. The van der Waals surface area contributed by atoms with Crippen LogP contribution in [0, 0.1) is 0 Å². The molecule has 0 heterocycles. The third-order valence-corrected chi connectivity index (χ3v) is 2.45. The molecule has 1 rings (SSSR count). The highest BCUT2D eigenvalue weighted by Crippen LogP contribution is 2.22. The summed E-state index contributed by atoms with van der Waals surface area (Å²) in [5, 5.41) is 0. The van der Waals surface area contributed by atoms with E-state index in [-0.39, 0.29) is 0 Å². The number of ether oxygens (including phenoxy) is 3. The van der Waals surface area contributed by atoms with Crippen LogP contribution in [-0.2, 0) is 14.3 Å². The standard InChI is InChI=1S/C16H20O5/c1-16(2,3)21-14(17)9-7-11-6-8-12(15(18)20-5)13(10-11)19-4/h6-10H,1-5H3. The third-order valence-electron chi connectivity index (χ3n) is 2.45. The van der Waals surface area contributed by atoms with Crippen molar-refractivity contribution < 1.29 is 23.8 Å². The average molecular weight is 292 g/mol. The van der Waals surface area contributed by atoms with E-state index in [4.69, 9.17) is 9.47 Å². The van der Waals surface area contributed by atoms with E-state index in [2.05, 4.69) is 4.74 Å². The molecule has 0 aliphatic carbocycles. The van der Waals surface area contributed by atoms with Crippen LogP contribution in [0.1, 0.15) is 36.7 Å². The predicted molar refractivity (Wildman–Crippen MR) is 79.2 cm³/mol. The summed E-state index contributed by atoms with van der Waals surface area (Å²) < 4.78 is 15.0. The maximum absolute atomic E-state index is 11.6. The molecule has 0 fully saturated rings. The van der Waals surface area contributed by atoms with E-state index in [9.17, 15) is 9.59 Å². The van der Waals surface area contributed by atoms with Crippen LogP contribution >= 0.6 is 0 Å². The Balaban J connectivity index is 2.91. The van der Waals surface area contributed by atoms with Gasteiger partial charge in [0.1, 0.15) is 16.9 Å². The van der Waals surface area contributed by atoms with Gasteiger partial charge in [-0.1, -0.05) is 6.07 Å². The molecule has 1 aromatic carbocycles. The summed E-state index contributed by atoms with van der Waals surface area (Å²) >= 11 is 0. The third kappa shape index (κ3) is 5.30. The Morgan fingerprint density at radius 1 is 1.14 bits per heavy atom. The zero-order valence-corrected chi connectivity index (χ0v) is 12.9. The molecular weight excluding hydrogens is 272 g/mol. The zero-order valence-electron chi connectivity index (χ0n) is 12.9. The summed E-state index contributed by atoms with van der Waals surface area (Å²) in [6.07, 6.45) is 2.93. The van der Waals surface area contributed by atoms with Crippen LogP contribution in [0.15, 0.2) is 24.3 Å². The number of carbonyl (C=O) groups excluding carboxylic acids is 2. The first kappa shape index (κ1) is 16.8.